The van der Waals surface area contributed by atoms with Crippen LogP contribution in [0.15, 0.2) is 5.11 Å². The summed E-state index contributed by atoms with van der Waals surface area (Å²) >= 11 is 0. The third-order valence-corrected chi connectivity index (χ3v) is 3.30. The van der Waals surface area contributed by atoms with Crippen molar-refractivity contribution in [2.45, 2.75) is 90.1 Å². The van der Waals surface area contributed by atoms with Crippen LogP contribution in [0.2, 0.25) is 0 Å². The fraction of sp³-hybridized carbons (Fsp3) is 1.00. The smallest absolute Gasteiger partial charge is 0.0836 e. The molecule has 0 aromatic rings. The van der Waals surface area contributed by atoms with Gasteiger partial charge in [0.1, 0.15) is 0 Å². The maximum atomic E-state index is 8.19. The van der Waals surface area contributed by atoms with Crippen LogP contribution in [-0.4, -0.2) is 6.17 Å². The van der Waals surface area contributed by atoms with Crippen molar-refractivity contribution in [3.63, 3.8) is 0 Å². The molecule has 0 bridgehead atoms. The molecule has 0 aromatic heterocycles. The van der Waals surface area contributed by atoms with Gasteiger partial charge in [-0.25, -0.2) is 0 Å². The summed E-state index contributed by atoms with van der Waals surface area (Å²) in [5.41, 5.74) is 13.8. The zero-order chi connectivity index (χ0) is 13.5. The van der Waals surface area contributed by atoms with Crippen molar-refractivity contribution in [1.82, 2.24) is 0 Å². The van der Waals surface area contributed by atoms with Gasteiger partial charge in [-0.3, -0.25) is 0 Å². The molecule has 106 valence electrons. The molecule has 4 heteroatoms. The summed E-state index contributed by atoms with van der Waals surface area (Å²) < 4.78 is 0. The molecule has 0 radical (unpaired) electrons. The molecule has 0 heterocycles. The zero-order valence-corrected chi connectivity index (χ0v) is 12.0. The fourth-order valence-corrected chi connectivity index (χ4v) is 2.14. The van der Waals surface area contributed by atoms with Crippen LogP contribution in [0.25, 0.3) is 10.4 Å². The van der Waals surface area contributed by atoms with Gasteiger partial charge in [0, 0.05) is 4.91 Å². The van der Waals surface area contributed by atoms with Crippen LogP contribution >= 0.6 is 0 Å². The lowest BCUT2D eigenvalue weighted by molar-refractivity contribution is 0.524. The molecular weight excluding hydrogens is 224 g/mol. The Hall–Kier alpha value is -0.730. The van der Waals surface area contributed by atoms with Gasteiger partial charge in [-0.1, -0.05) is 82.7 Å². The lowest BCUT2D eigenvalue weighted by Gasteiger charge is -2.04. The summed E-state index contributed by atoms with van der Waals surface area (Å²) in [6.07, 6.45) is 15.1. The summed E-state index contributed by atoms with van der Waals surface area (Å²) in [5.74, 6) is 0. The van der Waals surface area contributed by atoms with E-state index >= 15 is 0 Å². The van der Waals surface area contributed by atoms with E-state index in [1.54, 1.807) is 0 Å². The van der Waals surface area contributed by atoms with Crippen molar-refractivity contribution in [3.05, 3.63) is 10.4 Å². The highest BCUT2D eigenvalue weighted by Crippen LogP contribution is 2.12. The average molecular weight is 254 g/mol. The molecule has 0 spiro atoms. The van der Waals surface area contributed by atoms with Gasteiger partial charge < -0.3 is 5.73 Å². The first-order valence-electron chi connectivity index (χ1n) is 7.61. The average Bonchev–Trinajstić information content (AvgIpc) is 2.36. The predicted molar refractivity (Wildman–Crippen MR) is 78.2 cm³/mol. The standard InChI is InChI=1S/C14H30N4/c1-2-3-4-5-6-7-8-9-10-11-12-13-14(15)17-18-16/h14H,2-13,15H2,1H3. The first-order chi connectivity index (χ1) is 8.81. The van der Waals surface area contributed by atoms with Gasteiger partial charge in [-0.2, -0.15) is 0 Å². The molecule has 0 saturated carbocycles. The second-order valence-corrected chi connectivity index (χ2v) is 5.10. The molecule has 0 amide bonds. The van der Waals surface area contributed by atoms with E-state index in [0.29, 0.717) is 0 Å². The molecule has 4 nitrogen and oxygen atoms in total. The largest absolute Gasteiger partial charge is 0.323 e. The topological polar surface area (TPSA) is 74.8 Å². The van der Waals surface area contributed by atoms with Gasteiger partial charge in [-0.05, 0) is 12.0 Å². The van der Waals surface area contributed by atoms with Crippen molar-refractivity contribution in [1.29, 1.82) is 0 Å². The van der Waals surface area contributed by atoms with Gasteiger partial charge in [0.25, 0.3) is 0 Å². The molecule has 0 aliphatic rings. The normalized spacial score (nSPS) is 12.1. The maximum absolute atomic E-state index is 8.19. The Morgan fingerprint density at radius 1 is 0.889 bits per heavy atom. The van der Waals surface area contributed by atoms with Crippen molar-refractivity contribution in [2.24, 2.45) is 10.8 Å². The highest BCUT2D eigenvalue weighted by molar-refractivity contribution is 4.59. The van der Waals surface area contributed by atoms with Gasteiger partial charge in [0.15, 0.2) is 0 Å². The molecule has 0 aromatic carbocycles. The molecule has 1 atom stereocenters. The van der Waals surface area contributed by atoms with Crippen LogP contribution in [0.1, 0.15) is 84.0 Å². The zero-order valence-electron chi connectivity index (χ0n) is 12.0. The number of nitrogens with two attached hydrogens (primary N) is 1. The van der Waals surface area contributed by atoms with Crippen LogP contribution in [0.4, 0.5) is 0 Å². The molecule has 0 aliphatic heterocycles. The number of azide groups is 1. The Morgan fingerprint density at radius 3 is 1.78 bits per heavy atom. The Bertz CT molecular complexity index is 212. The minimum absolute atomic E-state index is 0.325. The van der Waals surface area contributed by atoms with Gasteiger partial charge in [0.05, 0.1) is 6.17 Å². The van der Waals surface area contributed by atoms with Crippen molar-refractivity contribution < 1.29 is 0 Å². The van der Waals surface area contributed by atoms with E-state index < -0.39 is 0 Å². The first-order valence-corrected chi connectivity index (χ1v) is 7.61. The summed E-state index contributed by atoms with van der Waals surface area (Å²) in [6, 6.07) is 0. The van der Waals surface area contributed by atoms with Crippen LogP contribution in [-0.2, 0) is 0 Å². The number of unbranched alkanes of at least 4 members (excludes halogenated alkanes) is 10. The number of rotatable bonds is 13. The number of nitrogens with zero attached hydrogens (tertiary/aromatic N) is 3. The van der Waals surface area contributed by atoms with Crippen molar-refractivity contribution in [2.75, 3.05) is 0 Å². The van der Waals surface area contributed by atoms with Crippen molar-refractivity contribution in [3.8, 4) is 0 Å². The van der Waals surface area contributed by atoms with E-state index in [0.717, 1.165) is 12.8 Å². The van der Waals surface area contributed by atoms with Crippen molar-refractivity contribution >= 4 is 0 Å². The molecule has 2 N–H and O–H groups in total. The highest BCUT2D eigenvalue weighted by Gasteiger charge is 1.98. The number of hydrogen-bond donors (Lipinski definition) is 1. The second-order valence-electron chi connectivity index (χ2n) is 5.10. The van der Waals surface area contributed by atoms with Crippen LogP contribution in [0, 0.1) is 0 Å². The minimum Gasteiger partial charge on any atom is -0.323 e. The van der Waals surface area contributed by atoms with Crippen LogP contribution < -0.4 is 5.73 Å². The molecule has 1 unspecified atom stereocenters. The Kier molecular flexibility index (Phi) is 13.8. The monoisotopic (exact) mass is 254 g/mol. The summed E-state index contributed by atoms with van der Waals surface area (Å²) in [4.78, 5) is 2.71. The van der Waals surface area contributed by atoms with E-state index in [1.165, 1.54) is 64.2 Å². The van der Waals surface area contributed by atoms with E-state index in [4.69, 9.17) is 11.3 Å². The minimum atomic E-state index is -0.325. The van der Waals surface area contributed by atoms with E-state index in [9.17, 15) is 0 Å². The van der Waals surface area contributed by atoms with Gasteiger partial charge in [0.2, 0.25) is 0 Å². The number of hydrogen-bond acceptors (Lipinski definition) is 2. The third kappa shape index (κ3) is 13.3. The quantitative estimate of drug-likeness (QED) is 0.206. The Labute approximate surface area is 112 Å². The van der Waals surface area contributed by atoms with Gasteiger partial charge >= 0.3 is 0 Å². The predicted octanol–water partition coefficient (Wildman–Crippen LogP) is 5.28. The molecule has 0 fully saturated rings. The summed E-state index contributed by atoms with van der Waals surface area (Å²) in [7, 11) is 0. The molecule has 0 saturated heterocycles. The molecular formula is C14H30N4. The lowest BCUT2D eigenvalue weighted by atomic mass is 10.1. The maximum Gasteiger partial charge on any atom is 0.0836 e. The summed E-state index contributed by atoms with van der Waals surface area (Å²) in [6.45, 7) is 2.26. The van der Waals surface area contributed by atoms with Crippen LogP contribution in [0.3, 0.4) is 0 Å². The summed E-state index contributed by atoms with van der Waals surface area (Å²) in [5, 5.41) is 3.47. The van der Waals surface area contributed by atoms with E-state index in [-0.39, 0.29) is 6.17 Å². The Balaban J connectivity index is 3.05. The third-order valence-electron chi connectivity index (χ3n) is 3.30. The second kappa shape index (κ2) is 14.3. The lowest BCUT2D eigenvalue weighted by Crippen LogP contribution is -2.15. The van der Waals surface area contributed by atoms with E-state index in [1.807, 2.05) is 0 Å². The Morgan fingerprint density at radius 2 is 1.33 bits per heavy atom. The molecule has 18 heavy (non-hydrogen) atoms. The molecule has 0 rings (SSSR count). The fourth-order valence-electron chi connectivity index (χ4n) is 2.14. The molecule has 0 aliphatic carbocycles. The first kappa shape index (κ1) is 17.3. The van der Waals surface area contributed by atoms with Gasteiger partial charge in [-0.15, -0.1) is 0 Å². The SMILES string of the molecule is CCCCCCCCCCCCCC(N)N=[N+]=[N-]. The highest BCUT2D eigenvalue weighted by atomic mass is 15.2. The van der Waals surface area contributed by atoms with E-state index in [2.05, 4.69) is 16.9 Å². The van der Waals surface area contributed by atoms with Crippen LogP contribution in [0.5, 0.6) is 0 Å².